The minimum atomic E-state index is -0.0789. The van der Waals surface area contributed by atoms with Gasteiger partial charge in [0.25, 0.3) is 0 Å². The molecule has 0 saturated heterocycles. The highest BCUT2D eigenvalue weighted by atomic mass is 32.1. The first-order chi connectivity index (χ1) is 16.2. The van der Waals surface area contributed by atoms with Crippen LogP contribution < -0.4 is 14.8 Å². The number of nitrogens with one attached hydrogen (secondary N) is 1. The van der Waals surface area contributed by atoms with Crippen LogP contribution in [0.25, 0.3) is 10.6 Å². The maximum absolute atomic E-state index is 12.5. The highest BCUT2D eigenvalue weighted by Crippen LogP contribution is 2.32. The summed E-state index contributed by atoms with van der Waals surface area (Å²) in [5.74, 6) is 1.46. The quantitative estimate of drug-likeness (QED) is 0.360. The number of thiazole rings is 1. The van der Waals surface area contributed by atoms with Gasteiger partial charge < -0.3 is 14.8 Å². The smallest absolute Gasteiger partial charge is 0.226 e. The second-order valence-electron chi connectivity index (χ2n) is 7.28. The third kappa shape index (κ3) is 6.40. The predicted octanol–water partition coefficient (Wildman–Crippen LogP) is 5.04. The summed E-state index contributed by atoms with van der Waals surface area (Å²) in [6, 6.07) is 21.2. The topological polar surface area (TPSA) is 73.3 Å². The number of pyridine rings is 1. The molecule has 2 aromatic carbocycles. The fourth-order valence-corrected chi connectivity index (χ4v) is 4.10. The number of hydrogen-bond donors (Lipinski definition) is 1. The summed E-state index contributed by atoms with van der Waals surface area (Å²) in [7, 11) is 0. The van der Waals surface area contributed by atoms with Gasteiger partial charge in [0.05, 0.1) is 30.0 Å². The number of ether oxygens (including phenoxy) is 2. The first-order valence-corrected chi connectivity index (χ1v) is 11.6. The van der Waals surface area contributed by atoms with Crippen LogP contribution in [-0.2, 0) is 24.4 Å². The summed E-state index contributed by atoms with van der Waals surface area (Å²) in [6.07, 6.45) is 1.97. The number of carbonyl (C=O) groups excluding carboxylic acids is 1. The molecule has 0 unspecified atom stereocenters. The summed E-state index contributed by atoms with van der Waals surface area (Å²) >= 11 is 1.51. The molecule has 33 heavy (non-hydrogen) atoms. The van der Waals surface area contributed by atoms with Gasteiger partial charge in [-0.2, -0.15) is 0 Å². The van der Waals surface area contributed by atoms with Crippen LogP contribution >= 0.6 is 11.3 Å². The Labute approximate surface area is 197 Å². The zero-order valence-corrected chi connectivity index (χ0v) is 19.2. The fraction of sp³-hybridized carbons (Fsp3) is 0.192. The van der Waals surface area contributed by atoms with E-state index in [1.807, 2.05) is 79.0 Å². The Bertz CT molecular complexity index is 1190. The van der Waals surface area contributed by atoms with Gasteiger partial charge in [-0.05, 0) is 48.9 Å². The van der Waals surface area contributed by atoms with Crippen molar-refractivity contribution in [3.8, 4) is 22.1 Å². The largest absolute Gasteiger partial charge is 0.493 e. The van der Waals surface area contributed by atoms with E-state index in [0.717, 1.165) is 39.0 Å². The first kappa shape index (κ1) is 22.5. The summed E-state index contributed by atoms with van der Waals surface area (Å²) in [4.78, 5) is 21.4. The molecule has 0 radical (unpaired) electrons. The van der Waals surface area contributed by atoms with Gasteiger partial charge in [-0.25, -0.2) is 4.98 Å². The van der Waals surface area contributed by atoms with Crippen molar-refractivity contribution in [3.63, 3.8) is 0 Å². The molecule has 1 N–H and O–H groups in total. The van der Waals surface area contributed by atoms with Crippen LogP contribution in [0.15, 0.2) is 78.3 Å². The number of para-hydroxylation sites is 1. The number of benzene rings is 2. The summed E-state index contributed by atoms with van der Waals surface area (Å²) in [5.41, 5.74) is 3.51. The summed E-state index contributed by atoms with van der Waals surface area (Å²) in [6.45, 7) is 3.36. The van der Waals surface area contributed by atoms with Gasteiger partial charge >= 0.3 is 0 Å². The van der Waals surface area contributed by atoms with Crippen molar-refractivity contribution in [2.45, 2.75) is 26.5 Å². The molecule has 7 heteroatoms. The highest BCUT2D eigenvalue weighted by molar-refractivity contribution is 7.13. The van der Waals surface area contributed by atoms with Crippen LogP contribution in [0, 0.1) is 0 Å². The molecule has 0 fully saturated rings. The van der Waals surface area contributed by atoms with Crippen molar-refractivity contribution in [1.82, 2.24) is 15.3 Å². The number of nitrogens with zero attached hydrogens (tertiary/aromatic N) is 2. The molecule has 2 heterocycles. The van der Waals surface area contributed by atoms with Crippen LogP contribution in [0.2, 0.25) is 0 Å². The van der Waals surface area contributed by atoms with Crippen molar-refractivity contribution < 1.29 is 14.3 Å². The van der Waals surface area contributed by atoms with Gasteiger partial charge in [0.1, 0.15) is 23.1 Å². The van der Waals surface area contributed by atoms with Crippen LogP contribution in [0.3, 0.4) is 0 Å². The zero-order chi connectivity index (χ0) is 22.9. The van der Waals surface area contributed by atoms with Crippen molar-refractivity contribution in [2.75, 3.05) is 6.61 Å². The van der Waals surface area contributed by atoms with E-state index in [-0.39, 0.29) is 12.3 Å². The van der Waals surface area contributed by atoms with Crippen molar-refractivity contribution in [3.05, 3.63) is 95.3 Å². The monoisotopic (exact) mass is 459 g/mol. The van der Waals surface area contributed by atoms with E-state index >= 15 is 0 Å². The van der Waals surface area contributed by atoms with E-state index in [1.54, 1.807) is 6.20 Å². The molecule has 2 aromatic heterocycles. The Hall–Kier alpha value is -3.71. The van der Waals surface area contributed by atoms with E-state index < -0.39 is 0 Å². The Morgan fingerprint density at radius 1 is 1.00 bits per heavy atom. The third-order valence-electron chi connectivity index (χ3n) is 4.81. The number of aromatic nitrogens is 2. The van der Waals surface area contributed by atoms with Gasteiger partial charge in [0.15, 0.2) is 0 Å². The van der Waals surface area contributed by atoms with Crippen molar-refractivity contribution >= 4 is 17.2 Å². The lowest BCUT2D eigenvalue weighted by molar-refractivity contribution is -0.120. The lowest BCUT2D eigenvalue weighted by atomic mass is 10.2. The average Bonchev–Trinajstić information content (AvgIpc) is 3.31. The van der Waals surface area contributed by atoms with E-state index in [4.69, 9.17) is 9.47 Å². The Balaban J connectivity index is 1.30. The number of hydrogen-bond acceptors (Lipinski definition) is 6. The zero-order valence-electron chi connectivity index (χ0n) is 18.4. The minimum Gasteiger partial charge on any atom is -0.493 e. The molecule has 0 bridgehead atoms. The molecule has 0 aliphatic carbocycles. The Morgan fingerprint density at radius 2 is 1.88 bits per heavy atom. The second-order valence-corrected chi connectivity index (χ2v) is 8.14. The summed E-state index contributed by atoms with van der Waals surface area (Å²) < 4.78 is 11.5. The van der Waals surface area contributed by atoms with Gasteiger partial charge in [0.2, 0.25) is 5.91 Å². The van der Waals surface area contributed by atoms with Gasteiger partial charge in [-0.1, -0.05) is 30.3 Å². The summed E-state index contributed by atoms with van der Waals surface area (Å²) in [5, 5.41) is 5.73. The average molecular weight is 460 g/mol. The fourth-order valence-electron chi connectivity index (χ4n) is 3.25. The Kier molecular flexibility index (Phi) is 7.66. The van der Waals surface area contributed by atoms with Crippen LogP contribution in [0.4, 0.5) is 0 Å². The standard InChI is InChI=1S/C26H25N3O3S/c1-2-31-24-12-4-3-11-23(24)26-29-21(18-33-26)15-25(30)28-16-19-8-7-10-22(14-19)32-17-20-9-5-6-13-27-20/h3-14,18H,2,15-17H2,1H3,(H,28,30). The minimum absolute atomic E-state index is 0.0789. The molecule has 0 saturated carbocycles. The SMILES string of the molecule is CCOc1ccccc1-c1nc(CC(=O)NCc2cccc(OCc3ccccn3)c2)cs1. The lowest BCUT2D eigenvalue weighted by Gasteiger charge is -2.09. The molecule has 168 valence electrons. The highest BCUT2D eigenvalue weighted by Gasteiger charge is 2.12. The molecule has 0 atom stereocenters. The number of amides is 1. The van der Waals surface area contributed by atoms with Crippen molar-refractivity contribution in [2.24, 2.45) is 0 Å². The van der Waals surface area contributed by atoms with Crippen LogP contribution in [0.1, 0.15) is 23.9 Å². The van der Waals surface area contributed by atoms with Gasteiger partial charge in [-0.15, -0.1) is 11.3 Å². The molecule has 0 aliphatic heterocycles. The van der Waals surface area contributed by atoms with Gasteiger partial charge in [-0.3, -0.25) is 9.78 Å². The van der Waals surface area contributed by atoms with E-state index in [1.165, 1.54) is 11.3 Å². The van der Waals surface area contributed by atoms with E-state index in [0.29, 0.717) is 19.8 Å². The second kappa shape index (κ2) is 11.2. The molecule has 6 nitrogen and oxygen atoms in total. The Morgan fingerprint density at radius 3 is 2.73 bits per heavy atom. The third-order valence-corrected chi connectivity index (χ3v) is 5.74. The normalized spacial score (nSPS) is 10.6. The predicted molar refractivity (Wildman–Crippen MR) is 129 cm³/mol. The molecule has 0 aliphatic rings. The molecule has 0 spiro atoms. The molecule has 4 aromatic rings. The lowest BCUT2D eigenvalue weighted by Crippen LogP contribution is -2.24. The molecule has 4 rings (SSSR count). The van der Waals surface area contributed by atoms with Gasteiger partial charge in [0, 0.05) is 18.1 Å². The number of carbonyl (C=O) groups is 1. The molecule has 1 amide bonds. The van der Waals surface area contributed by atoms with Crippen LogP contribution in [0.5, 0.6) is 11.5 Å². The number of rotatable bonds is 10. The maximum atomic E-state index is 12.5. The van der Waals surface area contributed by atoms with E-state index in [2.05, 4.69) is 15.3 Å². The molecular formula is C26H25N3O3S. The first-order valence-electron chi connectivity index (χ1n) is 10.8. The maximum Gasteiger partial charge on any atom is 0.226 e. The molecular weight excluding hydrogens is 434 g/mol. The van der Waals surface area contributed by atoms with Crippen molar-refractivity contribution in [1.29, 1.82) is 0 Å². The van der Waals surface area contributed by atoms with E-state index in [9.17, 15) is 4.79 Å². The van der Waals surface area contributed by atoms with Crippen LogP contribution in [-0.4, -0.2) is 22.5 Å².